The second kappa shape index (κ2) is 5.95. The van der Waals surface area contributed by atoms with Crippen molar-refractivity contribution in [2.75, 3.05) is 6.54 Å². The lowest BCUT2D eigenvalue weighted by Gasteiger charge is -2.07. The molecule has 0 bridgehead atoms. The minimum absolute atomic E-state index is 0.494. The average molecular weight is 325 g/mol. The number of halogens is 1. The van der Waals surface area contributed by atoms with Crippen LogP contribution in [0.4, 0.5) is 0 Å². The average Bonchev–Trinajstić information content (AvgIpc) is 2.72. The maximum atomic E-state index is 5.63. The first-order valence-corrected chi connectivity index (χ1v) is 7.66. The fraction of sp³-hybridized carbons (Fsp3) is 0.357. The molecule has 1 atom stereocenters. The minimum Gasteiger partial charge on any atom is -0.330 e. The minimum atomic E-state index is 0.494. The molecule has 0 saturated heterocycles. The highest BCUT2D eigenvalue weighted by molar-refractivity contribution is 9.10. The van der Waals surface area contributed by atoms with Gasteiger partial charge in [-0.25, -0.2) is 4.98 Å². The standard InChI is InChI=1S/C14H17BrN2S/c1-9(6-7-16)13-10(2)17-14(18-13)11-4-3-5-12(15)8-11/h3-5,8-9H,6-7,16H2,1-2H3. The van der Waals surface area contributed by atoms with E-state index in [4.69, 9.17) is 5.73 Å². The number of hydrogen-bond donors (Lipinski definition) is 1. The maximum absolute atomic E-state index is 5.63. The molecule has 0 aliphatic heterocycles. The summed E-state index contributed by atoms with van der Waals surface area (Å²) in [6.07, 6.45) is 1.01. The zero-order valence-corrected chi connectivity index (χ0v) is 13.0. The fourth-order valence-corrected chi connectivity index (χ4v) is 3.54. The van der Waals surface area contributed by atoms with Gasteiger partial charge in [-0.15, -0.1) is 11.3 Å². The molecule has 4 heteroatoms. The highest BCUT2D eigenvalue weighted by Crippen LogP contribution is 2.34. The van der Waals surface area contributed by atoms with Crippen LogP contribution in [0.25, 0.3) is 10.6 Å². The number of thiazole rings is 1. The molecule has 1 unspecified atom stereocenters. The predicted molar refractivity (Wildman–Crippen MR) is 82.1 cm³/mol. The summed E-state index contributed by atoms with van der Waals surface area (Å²) >= 11 is 5.28. The Labute approximate surface area is 120 Å². The van der Waals surface area contributed by atoms with E-state index >= 15 is 0 Å². The van der Waals surface area contributed by atoms with E-state index in [9.17, 15) is 0 Å². The Morgan fingerprint density at radius 3 is 2.89 bits per heavy atom. The highest BCUT2D eigenvalue weighted by Gasteiger charge is 2.14. The number of rotatable bonds is 4. The first-order chi connectivity index (χ1) is 8.61. The van der Waals surface area contributed by atoms with Gasteiger partial charge in [-0.1, -0.05) is 35.0 Å². The first-order valence-electron chi connectivity index (χ1n) is 6.05. The Morgan fingerprint density at radius 1 is 1.44 bits per heavy atom. The SMILES string of the molecule is Cc1nc(-c2cccc(Br)c2)sc1C(C)CCN. The number of benzene rings is 1. The fourth-order valence-electron chi connectivity index (χ4n) is 1.99. The summed E-state index contributed by atoms with van der Waals surface area (Å²) in [5, 5.41) is 1.09. The van der Waals surface area contributed by atoms with Gasteiger partial charge in [-0.05, 0) is 37.9 Å². The maximum Gasteiger partial charge on any atom is 0.123 e. The van der Waals surface area contributed by atoms with Crippen LogP contribution >= 0.6 is 27.3 Å². The normalized spacial score (nSPS) is 12.7. The Morgan fingerprint density at radius 2 is 2.22 bits per heavy atom. The monoisotopic (exact) mass is 324 g/mol. The Balaban J connectivity index is 2.34. The zero-order chi connectivity index (χ0) is 13.1. The van der Waals surface area contributed by atoms with E-state index in [-0.39, 0.29) is 0 Å². The number of nitrogens with zero attached hydrogens (tertiary/aromatic N) is 1. The van der Waals surface area contributed by atoms with Gasteiger partial charge in [-0.3, -0.25) is 0 Å². The van der Waals surface area contributed by atoms with Gasteiger partial charge < -0.3 is 5.73 Å². The van der Waals surface area contributed by atoms with Crippen molar-refractivity contribution in [3.05, 3.63) is 39.3 Å². The molecule has 1 heterocycles. The molecule has 2 rings (SSSR count). The van der Waals surface area contributed by atoms with Crippen molar-refractivity contribution in [2.24, 2.45) is 5.73 Å². The second-order valence-corrected chi connectivity index (χ2v) is 6.40. The van der Waals surface area contributed by atoms with Crippen LogP contribution in [0.15, 0.2) is 28.7 Å². The van der Waals surface area contributed by atoms with E-state index in [0.717, 1.165) is 28.1 Å². The van der Waals surface area contributed by atoms with E-state index in [2.05, 4.69) is 46.9 Å². The van der Waals surface area contributed by atoms with E-state index in [0.29, 0.717) is 5.92 Å². The zero-order valence-electron chi connectivity index (χ0n) is 10.6. The molecule has 18 heavy (non-hydrogen) atoms. The van der Waals surface area contributed by atoms with Crippen molar-refractivity contribution in [2.45, 2.75) is 26.2 Å². The van der Waals surface area contributed by atoms with Gasteiger partial charge in [0.15, 0.2) is 0 Å². The molecule has 0 radical (unpaired) electrons. The van der Waals surface area contributed by atoms with Gasteiger partial charge in [0, 0.05) is 14.9 Å². The molecule has 2 nitrogen and oxygen atoms in total. The van der Waals surface area contributed by atoms with Crippen LogP contribution in [0.5, 0.6) is 0 Å². The third-order valence-corrected chi connectivity index (χ3v) is 4.88. The van der Waals surface area contributed by atoms with Gasteiger partial charge in [0.1, 0.15) is 5.01 Å². The van der Waals surface area contributed by atoms with E-state index in [1.807, 2.05) is 12.1 Å². The molecule has 0 aliphatic carbocycles. The number of nitrogens with two attached hydrogens (primary N) is 1. The van der Waals surface area contributed by atoms with Crippen molar-refractivity contribution in [1.29, 1.82) is 0 Å². The van der Waals surface area contributed by atoms with Gasteiger partial charge in [0.2, 0.25) is 0 Å². The van der Waals surface area contributed by atoms with Crippen LogP contribution in [0, 0.1) is 6.92 Å². The summed E-state index contributed by atoms with van der Waals surface area (Å²) in [5.41, 5.74) is 7.94. The summed E-state index contributed by atoms with van der Waals surface area (Å²) in [4.78, 5) is 6.04. The molecule has 1 aromatic carbocycles. The summed E-state index contributed by atoms with van der Waals surface area (Å²) < 4.78 is 1.09. The summed E-state index contributed by atoms with van der Waals surface area (Å²) in [5.74, 6) is 0.494. The largest absolute Gasteiger partial charge is 0.330 e. The number of aryl methyl sites for hydroxylation is 1. The van der Waals surface area contributed by atoms with Crippen molar-refractivity contribution < 1.29 is 0 Å². The summed E-state index contributed by atoms with van der Waals surface area (Å²) in [7, 11) is 0. The Hall–Kier alpha value is -0.710. The summed E-state index contributed by atoms with van der Waals surface area (Å²) in [6.45, 7) is 5.03. The van der Waals surface area contributed by atoms with Crippen LogP contribution in [-0.4, -0.2) is 11.5 Å². The molecular formula is C14H17BrN2S. The number of aromatic nitrogens is 1. The molecule has 2 N–H and O–H groups in total. The van der Waals surface area contributed by atoms with Gasteiger partial charge in [0.05, 0.1) is 5.69 Å². The lowest BCUT2D eigenvalue weighted by atomic mass is 10.1. The summed E-state index contributed by atoms with van der Waals surface area (Å²) in [6, 6.07) is 8.27. The van der Waals surface area contributed by atoms with Crippen LogP contribution < -0.4 is 5.73 Å². The molecule has 0 saturated carbocycles. The smallest absolute Gasteiger partial charge is 0.123 e. The van der Waals surface area contributed by atoms with Crippen LogP contribution in [0.1, 0.15) is 29.8 Å². The van der Waals surface area contributed by atoms with Crippen molar-refractivity contribution in [3.8, 4) is 10.6 Å². The molecule has 0 fully saturated rings. The molecule has 0 spiro atoms. The van der Waals surface area contributed by atoms with E-state index in [1.165, 1.54) is 10.4 Å². The van der Waals surface area contributed by atoms with Crippen molar-refractivity contribution in [3.63, 3.8) is 0 Å². The van der Waals surface area contributed by atoms with Crippen LogP contribution in [0.2, 0.25) is 0 Å². The molecule has 0 amide bonds. The van der Waals surface area contributed by atoms with Gasteiger partial charge in [-0.2, -0.15) is 0 Å². The predicted octanol–water partition coefficient (Wildman–Crippen LogP) is 4.33. The topological polar surface area (TPSA) is 38.9 Å². The van der Waals surface area contributed by atoms with Crippen molar-refractivity contribution >= 4 is 27.3 Å². The number of hydrogen-bond acceptors (Lipinski definition) is 3. The third-order valence-electron chi connectivity index (χ3n) is 2.95. The third kappa shape index (κ3) is 2.99. The first kappa shape index (κ1) is 13.7. The quantitative estimate of drug-likeness (QED) is 0.908. The van der Waals surface area contributed by atoms with E-state index in [1.54, 1.807) is 11.3 Å². The highest BCUT2D eigenvalue weighted by atomic mass is 79.9. The molecular weight excluding hydrogens is 308 g/mol. The Kier molecular flexibility index (Phi) is 4.54. The molecule has 2 aromatic rings. The molecule has 1 aromatic heterocycles. The van der Waals surface area contributed by atoms with Crippen molar-refractivity contribution in [1.82, 2.24) is 4.98 Å². The van der Waals surface area contributed by atoms with Crippen LogP contribution in [0.3, 0.4) is 0 Å². The molecule has 0 aliphatic rings. The van der Waals surface area contributed by atoms with Crippen LogP contribution in [-0.2, 0) is 0 Å². The second-order valence-electron chi connectivity index (χ2n) is 4.46. The lowest BCUT2D eigenvalue weighted by Crippen LogP contribution is -2.04. The lowest BCUT2D eigenvalue weighted by molar-refractivity contribution is 0.696. The molecule has 96 valence electrons. The van der Waals surface area contributed by atoms with Gasteiger partial charge in [0.25, 0.3) is 0 Å². The Bertz CT molecular complexity index is 536. The van der Waals surface area contributed by atoms with Gasteiger partial charge >= 0.3 is 0 Å². The van der Waals surface area contributed by atoms with E-state index < -0.39 is 0 Å².